The van der Waals surface area contributed by atoms with Gasteiger partial charge in [0.2, 0.25) is 0 Å². The van der Waals surface area contributed by atoms with Gasteiger partial charge in [-0.3, -0.25) is 4.48 Å². The Morgan fingerprint density at radius 2 is 1.18 bits per heavy atom. The number of hydrogen-bond acceptors (Lipinski definition) is 1. The van der Waals surface area contributed by atoms with Crippen LogP contribution in [0.2, 0.25) is 0 Å². The first-order valence-electron chi connectivity index (χ1n) is 10.1. The number of unbranched alkanes of at least 4 members (excludes halogenated alkanes) is 13. The van der Waals surface area contributed by atoms with Crippen molar-refractivity contribution in [3.8, 4) is 0 Å². The summed E-state index contributed by atoms with van der Waals surface area (Å²) >= 11 is 0. The lowest BCUT2D eigenvalue weighted by Gasteiger charge is -2.24. The molecule has 0 aromatic rings. The van der Waals surface area contributed by atoms with Crippen LogP contribution in [0.5, 0.6) is 0 Å². The third-order valence-electron chi connectivity index (χ3n) is 5.12. The highest BCUT2D eigenvalue weighted by atomic mass is 15.4. The second kappa shape index (κ2) is 13.1. The molecule has 0 saturated heterocycles. The average Bonchev–Trinajstić information content (AvgIpc) is 2.94. The lowest BCUT2D eigenvalue weighted by Crippen LogP contribution is -2.41. The molecule has 0 bridgehead atoms. The Labute approximate surface area is 140 Å². The SMILES string of the molecule is CCCCCCCCCCCCCCCC[N+]1(C)C=NCC1. The predicted molar refractivity (Wildman–Crippen MR) is 99.6 cm³/mol. The van der Waals surface area contributed by atoms with Crippen LogP contribution in [0.1, 0.15) is 96.8 Å². The van der Waals surface area contributed by atoms with E-state index in [2.05, 4.69) is 25.3 Å². The topological polar surface area (TPSA) is 12.4 Å². The Bertz CT molecular complexity index is 275. The maximum Gasteiger partial charge on any atom is 0.185 e. The zero-order valence-electron chi connectivity index (χ0n) is 15.5. The minimum absolute atomic E-state index is 1.04. The number of aliphatic imine (C=N–C) groups is 1. The van der Waals surface area contributed by atoms with Crippen LogP contribution in [0, 0.1) is 0 Å². The van der Waals surface area contributed by atoms with Crippen molar-refractivity contribution in [2.24, 2.45) is 4.99 Å². The molecule has 1 aliphatic rings. The van der Waals surface area contributed by atoms with Gasteiger partial charge in [-0.05, 0) is 12.8 Å². The summed E-state index contributed by atoms with van der Waals surface area (Å²) in [6, 6.07) is 0. The van der Waals surface area contributed by atoms with Crippen LogP contribution in [0.3, 0.4) is 0 Å². The van der Waals surface area contributed by atoms with Crippen molar-refractivity contribution in [1.82, 2.24) is 0 Å². The van der Waals surface area contributed by atoms with Gasteiger partial charge < -0.3 is 0 Å². The minimum atomic E-state index is 1.04. The summed E-state index contributed by atoms with van der Waals surface area (Å²) in [5.74, 6) is 0. The van der Waals surface area contributed by atoms with Gasteiger partial charge in [-0.1, -0.05) is 84.0 Å². The van der Waals surface area contributed by atoms with E-state index in [1.165, 1.54) is 103 Å². The number of quaternary nitrogens is 1. The molecular formula is C20H41N2+. The average molecular weight is 310 g/mol. The van der Waals surface area contributed by atoms with Crippen molar-refractivity contribution in [2.45, 2.75) is 96.8 Å². The van der Waals surface area contributed by atoms with E-state index in [1.807, 2.05) is 0 Å². The quantitative estimate of drug-likeness (QED) is 0.261. The molecular weight excluding hydrogens is 268 g/mol. The molecule has 0 aromatic carbocycles. The van der Waals surface area contributed by atoms with E-state index in [1.54, 1.807) is 0 Å². The Morgan fingerprint density at radius 3 is 1.59 bits per heavy atom. The van der Waals surface area contributed by atoms with Crippen molar-refractivity contribution in [3.05, 3.63) is 0 Å². The number of rotatable bonds is 15. The van der Waals surface area contributed by atoms with Crippen LogP contribution in [-0.4, -0.2) is 37.5 Å². The second-order valence-electron chi connectivity index (χ2n) is 7.54. The van der Waals surface area contributed by atoms with E-state index in [9.17, 15) is 0 Å². The Balaban J connectivity index is 1.72. The predicted octanol–water partition coefficient (Wildman–Crippen LogP) is 5.96. The summed E-state index contributed by atoms with van der Waals surface area (Å²) in [4.78, 5) is 4.37. The molecule has 1 rings (SSSR count). The van der Waals surface area contributed by atoms with Crippen LogP contribution in [0.25, 0.3) is 0 Å². The van der Waals surface area contributed by atoms with Gasteiger partial charge in [-0.2, -0.15) is 0 Å². The van der Waals surface area contributed by atoms with Gasteiger partial charge in [0, 0.05) is 0 Å². The van der Waals surface area contributed by atoms with E-state index in [0.717, 1.165) is 11.0 Å². The molecule has 0 aromatic heterocycles. The largest absolute Gasteiger partial charge is 0.282 e. The third kappa shape index (κ3) is 10.4. The van der Waals surface area contributed by atoms with Gasteiger partial charge in [0.05, 0.1) is 20.1 Å². The summed E-state index contributed by atoms with van der Waals surface area (Å²) in [6.45, 7) is 5.84. The normalized spacial score (nSPS) is 20.8. The maximum atomic E-state index is 4.37. The fourth-order valence-corrected chi connectivity index (χ4v) is 3.44. The Morgan fingerprint density at radius 1 is 0.727 bits per heavy atom. The number of hydrogen-bond donors (Lipinski definition) is 0. The molecule has 130 valence electrons. The third-order valence-corrected chi connectivity index (χ3v) is 5.12. The fraction of sp³-hybridized carbons (Fsp3) is 0.950. The molecule has 0 fully saturated rings. The molecule has 0 spiro atoms. The standard InChI is InChI=1S/C20H41N2/c1-3-4-5-6-7-8-9-10-11-12-13-14-15-16-18-22(2)19-17-21-20-22/h20H,3-19H2,1-2H3/q+1. The van der Waals surface area contributed by atoms with Crippen molar-refractivity contribution in [1.29, 1.82) is 0 Å². The monoisotopic (exact) mass is 309 g/mol. The van der Waals surface area contributed by atoms with E-state index < -0.39 is 0 Å². The van der Waals surface area contributed by atoms with Gasteiger partial charge in [0.25, 0.3) is 0 Å². The lowest BCUT2D eigenvalue weighted by atomic mass is 10.0. The fourth-order valence-electron chi connectivity index (χ4n) is 3.44. The highest BCUT2D eigenvalue weighted by Crippen LogP contribution is 2.14. The molecule has 0 saturated carbocycles. The van der Waals surface area contributed by atoms with Gasteiger partial charge in [0.15, 0.2) is 6.34 Å². The first-order valence-corrected chi connectivity index (χ1v) is 10.1. The van der Waals surface area contributed by atoms with Crippen LogP contribution in [0.4, 0.5) is 0 Å². The van der Waals surface area contributed by atoms with Crippen molar-refractivity contribution in [2.75, 3.05) is 26.7 Å². The van der Waals surface area contributed by atoms with Crippen LogP contribution in [-0.2, 0) is 0 Å². The van der Waals surface area contributed by atoms with Gasteiger partial charge in [0.1, 0.15) is 6.54 Å². The first kappa shape index (κ1) is 19.7. The molecule has 0 aliphatic carbocycles. The summed E-state index contributed by atoms with van der Waals surface area (Å²) in [5.41, 5.74) is 0. The van der Waals surface area contributed by atoms with Crippen LogP contribution >= 0.6 is 0 Å². The van der Waals surface area contributed by atoms with Gasteiger partial charge in [-0.25, -0.2) is 4.99 Å². The van der Waals surface area contributed by atoms with Crippen molar-refractivity contribution in [3.63, 3.8) is 0 Å². The molecule has 22 heavy (non-hydrogen) atoms. The van der Waals surface area contributed by atoms with Crippen molar-refractivity contribution < 1.29 is 4.48 Å². The smallest absolute Gasteiger partial charge is 0.185 e. The number of likely N-dealkylation sites (N-methyl/N-ethyl adjacent to an activating group) is 1. The minimum Gasteiger partial charge on any atom is -0.282 e. The summed E-state index contributed by atoms with van der Waals surface area (Å²) in [6.07, 6.45) is 22.4. The summed E-state index contributed by atoms with van der Waals surface area (Å²) in [5, 5.41) is 0. The molecule has 0 radical (unpaired) electrons. The summed E-state index contributed by atoms with van der Waals surface area (Å²) in [7, 11) is 2.32. The highest BCUT2D eigenvalue weighted by molar-refractivity contribution is 5.47. The van der Waals surface area contributed by atoms with Crippen LogP contribution < -0.4 is 0 Å². The molecule has 1 heterocycles. The van der Waals surface area contributed by atoms with Crippen LogP contribution in [0.15, 0.2) is 4.99 Å². The molecule has 2 nitrogen and oxygen atoms in total. The molecule has 0 amide bonds. The van der Waals surface area contributed by atoms with E-state index in [4.69, 9.17) is 0 Å². The molecule has 0 N–H and O–H groups in total. The van der Waals surface area contributed by atoms with Crippen molar-refractivity contribution >= 4 is 6.34 Å². The lowest BCUT2D eigenvalue weighted by molar-refractivity contribution is -0.807. The molecule has 1 aliphatic heterocycles. The molecule has 1 atom stereocenters. The first-order chi connectivity index (χ1) is 10.8. The zero-order valence-corrected chi connectivity index (χ0v) is 15.5. The zero-order chi connectivity index (χ0) is 15.9. The van der Waals surface area contributed by atoms with Gasteiger partial charge >= 0.3 is 0 Å². The summed E-state index contributed by atoms with van der Waals surface area (Å²) < 4.78 is 1.08. The van der Waals surface area contributed by atoms with Gasteiger partial charge in [-0.15, -0.1) is 0 Å². The molecule has 1 unspecified atom stereocenters. The number of nitrogens with zero attached hydrogens (tertiary/aromatic N) is 2. The van der Waals surface area contributed by atoms with E-state index >= 15 is 0 Å². The van der Waals surface area contributed by atoms with E-state index in [-0.39, 0.29) is 0 Å². The highest BCUT2D eigenvalue weighted by Gasteiger charge is 2.22. The Kier molecular flexibility index (Phi) is 11.7. The van der Waals surface area contributed by atoms with E-state index in [0.29, 0.717) is 0 Å². The second-order valence-corrected chi connectivity index (χ2v) is 7.54. The maximum absolute atomic E-state index is 4.37. The Hall–Kier alpha value is -0.370. The molecule has 2 heteroatoms.